The fourth-order valence-electron chi connectivity index (χ4n) is 3.60. The van der Waals surface area contributed by atoms with Crippen LogP contribution in [-0.4, -0.2) is 33.4 Å². The molecule has 1 amide bonds. The number of nitrogens with one attached hydrogen (secondary N) is 1. The first-order valence-electron chi connectivity index (χ1n) is 8.60. The molecule has 3 heterocycles. The number of H-pyrrole nitrogens is 1. The maximum absolute atomic E-state index is 12.7. The third-order valence-electron chi connectivity index (χ3n) is 5.12. The summed E-state index contributed by atoms with van der Waals surface area (Å²) in [6, 6.07) is 9.90. The van der Waals surface area contributed by atoms with E-state index in [-0.39, 0.29) is 17.6 Å². The molecule has 130 valence electrons. The van der Waals surface area contributed by atoms with Crippen molar-refractivity contribution in [1.82, 2.24) is 14.5 Å². The number of aromatic amines is 1. The third-order valence-corrected chi connectivity index (χ3v) is 6.26. The first kappa shape index (κ1) is 16.1. The van der Waals surface area contributed by atoms with E-state index in [9.17, 15) is 9.59 Å². The van der Waals surface area contributed by atoms with Crippen LogP contribution in [-0.2, 0) is 0 Å². The van der Waals surface area contributed by atoms with Crippen molar-refractivity contribution in [2.75, 3.05) is 13.1 Å². The van der Waals surface area contributed by atoms with Gasteiger partial charge >= 0.3 is 5.69 Å². The molecule has 0 unspecified atom stereocenters. The molecule has 1 aliphatic rings. The molecule has 0 radical (unpaired) electrons. The monoisotopic (exact) mass is 355 g/mol. The van der Waals surface area contributed by atoms with E-state index in [0.29, 0.717) is 13.1 Å². The Morgan fingerprint density at radius 3 is 2.60 bits per heavy atom. The minimum absolute atomic E-state index is 0.0597. The summed E-state index contributed by atoms with van der Waals surface area (Å²) in [5.74, 6) is 0.117. The van der Waals surface area contributed by atoms with Crippen molar-refractivity contribution in [3.63, 3.8) is 0 Å². The van der Waals surface area contributed by atoms with Crippen LogP contribution >= 0.6 is 11.3 Å². The molecule has 0 saturated carbocycles. The van der Waals surface area contributed by atoms with Crippen molar-refractivity contribution < 1.29 is 4.79 Å². The molecule has 0 atom stereocenters. The maximum atomic E-state index is 12.7. The average Bonchev–Trinajstić information content (AvgIpc) is 3.13. The number of carbonyl (C=O) groups is 1. The summed E-state index contributed by atoms with van der Waals surface area (Å²) in [5.41, 5.74) is 2.93. The van der Waals surface area contributed by atoms with Crippen molar-refractivity contribution in [3.8, 4) is 0 Å². The van der Waals surface area contributed by atoms with Crippen molar-refractivity contribution in [3.05, 3.63) is 56.1 Å². The number of rotatable bonds is 2. The van der Waals surface area contributed by atoms with Gasteiger partial charge in [0.05, 0.1) is 15.9 Å². The maximum Gasteiger partial charge on any atom is 0.326 e. The summed E-state index contributed by atoms with van der Waals surface area (Å²) in [7, 11) is 0. The number of nitrogens with zero attached hydrogens (tertiary/aromatic N) is 2. The number of piperidine rings is 1. The highest BCUT2D eigenvalue weighted by atomic mass is 32.1. The molecule has 2 aromatic heterocycles. The number of imidazole rings is 1. The number of carbonyl (C=O) groups excluding carboxylic acids is 1. The van der Waals surface area contributed by atoms with E-state index in [0.717, 1.165) is 28.8 Å². The second-order valence-electron chi connectivity index (χ2n) is 6.69. The number of para-hydroxylation sites is 2. The Hall–Kier alpha value is -2.34. The van der Waals surface area contributed by atoms with Gasteiger partial charge in [-0.3, -0.25) is 9.36 Å². The second-order valence-corrected chi connectivity index (χ2v) is 7.95. The lowest BCUT2D eigenvalue weighted by Gasteiger charge is -2.32. The molecule has 4 rings (SSSR count). The zero-order chi connectivity index (χ0) is 17.6. The SMILES string of the molecule is Cc1cc(C(=O)N2CCC(n3c(=O)[nH]c4ccccc43)CC2)sc1C. The molecule has 6 heteroatoms. The number of aromatic nitrogens is 2. The Balaban J connectivity index is 1.52. The molecular formula is C19H21N3O2S. The Morgan fingerprint density at radius 1 is 1.20 bits per heavy atom. The van der Waals surface area contributed by atoms with Gasteiger partial charge in [0.2, 0.25) is 0 Å². The van der Waals surface area contributed by atoms with Gasteiger partial charge in [-0.2, -0.15) is 0 Å². The number of benzene rings is 1. The topological polar surface area (TPSA) is 58.1 Å². The normalized spacial score (nSPS) is 15.8. The van der Waals surface area contributed by atoms with E-state index >= 15 is 0 Å². The summed E-state index contributed by atoms with van der Waals surface area (Å²) in [6.07, 6.45) is 1.60. The van der Waals surface area contributed by atoms with Gasteiger partial charge in [-0.05, 0) is 50.5 Å². The summed E-state index contributed by atoms with van der Waals surface area (Å²) in [5, 5.41) is 0. The van der Waals surface area contributed by atoms with Gasteiger partial charge in [-0.25, -0.2) is 4.79 Å². The van der Waals surface area contributed by atoms with E-state index in [4.69, 9.17) is 0 Å². The highest BCUT2D eigenvalue weighted by molar-refractivity contribution is 7.14. The van der Waals surface area contributed by atoms with Gasteiger partial charge in [0.15, 0.2) is 0 Å². The highest BCUT2D eigenvalue weighted by Crippen LogP contribution is 2.27. The summed E-state index contributed by atoms with van der Waals surface area (Å²) >= 11 is 1.57. The Labute approximate surface area is 149 Å². The van der Waals surface area contributed by atoms with E-state index in [1.165, 1.54) is 10.4 Å². The molecule has 1 aliphatic heterocycles. The molecule has 25 heavy (non-hydrogen) atoms. The van der Waals surface area contributed by atoms with Gasteiger partial charge in [-0.1, -0.05) is 12.1 Å². The van der Waals surface area contributed by atoms with Crippen LogP contribution in [0.15, 0.2) is 35.1 Å². The fraction of sp³-hybridized carbons (Fsp3) is 0.368. The van der Waals surface area contributed by atoms with Crippen LogP contribution in [0.1, 0.15) is 39.0 Å². The van der Waals surface area contributed by atoms with Crippen molar-refractivity contribution in [2.45, 2.75) is 32.7 Å². The second kappa shape index (κ2) is 6.19. The number of hydrogen-bond acceptors (Lipinski definition) is 3. The largest absolute Gasteiger partial charge is 0.338 e. The van der Waals surface area contributed by atoms with E-state index in [2.05, 4.69) is 4.98 Å². The van der Waals surface area contributed by atoms with Crippen LogP contribution in [0.2, 0.25) is 0 Å². The molecule has 0 spiro atoms. The van der Waals surface area contributed by atoms with Gasteiger partial charge in [0.25, 0.3) is 5.91 Å². The van der Waals surface area contributed by atoms with Crippen molar-refractivity contribution >= 4 is 28.3 Å². The van der Waals surface area contributed by atoms with Crippen LogP contribution in [0.25, 0.3) is 11.0 Å². The zero-order valence-corrected chi connectivity index (χ0v) is 15.2. The molecule has 1 N–H and O–H groups in total. The molecule has 3 aromatic rings. The number of amides is 1. The van der Waals surface area contributed by atoms with Crippen molar-refractivity contribution in [2.24, 2.45) is 0 Å². The lowest BCUT2D eigenvalue weighted by molar-refractivity contribution is 0.0700. The van der Waals surface area contributed by atoms with Crippen LogP contribution in [0.4, 0.5) is 0 Å². The minimum atomic E-state index is -0.0597. The summed E-state index contributed by atoms with van der Waals surface area (Å²) in [4.78, 5) is 31.9. The Bertz CT molecular complexity index is 970. The summed E-state index contributed by atoms with van der Waals surface area (Å²) < 4.78 is 1.86. The first-order chi connectivity index (χ1) is 12.0. The molecular weight excluding hydrogens is 334 g/mol. The lowest BCUT2D eigenvalue weighted by atomic mass is 10.0. The van der Waals surface area contributed by atoms with E-state index < -0.39 is 0 Å². The quantitative estimate of drug-likeness (QED) is 0.765. The Morgan fingerprint density at radius 2 is 1.92 bits per heavy atom. The number of hydrogen-bond donors (Lipinski definition) is 1. The van der Waals surface area contributed by atoms with Gasteiger partial charge in [0, 0.05) is 24.0 Å². The van der Waals surface area contributed by atoms with Crippen LogP contribution in [0.5, 0.6) is 0 Å². The third kappa shape index (κ3) is 2.80. The van der Waals surface area contributed by atoms with Crippen LogP contribution < -0.4 is 5.69 Å². The fourth-order valence-corrected chi connectivity index (χ4v) is 4.60. The molecule has 1 fully saturated rings. The number of thiophene rings is 1. The van der Waals surface area contributed by atoms with Gasteiger partial charge < -0.3 is 9.88 Å². The van der Waals surface area contributed by atoms with Crippen molar-refractivity contribution in [1.29, 1.82) is 0 Å². The van der Waals surface area contributed by atoms with E-state index in [1.54, 1.807) is 11.3 Å². The minimum Gasteiger partial charge on any atom is -0.338 e. The van der Waals surface area contributed by atoms with Crippen LogP contribution in [0, 0.1) is 13.8 Å². The standard InChI is InChI=1S/C19H21N3O2S/c1-12-11-17(25-13(12)2)18(23)21-9-7-14(8-10-21)22-16-6-4-3-5-15(16)20-19(22)24/h3-6,11,14H,7-10H2,1-2H3,(H,20,24). The van der Waals surface area contributed by atoms with E-state index in [1.807, 2.05) is 53.6 Å². The smallest absolute Gasteiger partial charge is 0.326 e. The molecule has 0 bridgehead atoms. The predicted molar refractivity (Wildman–Crippen MR) is 101 cm³/mol. The molecule has 0 aliphatic carbocycles. The molecule has 1 saturated heterocycles. The lowest BCUT2D eigenvalue weighted by Crippen LogP contribution is -2.40. The number of fused-ring (bicyclic) bond motifs is 1. The van der Waals surface area contributed by atoms with Crippen LogP contribution in [0.3, 0.4) is 0 Å². The zero-order valence-electron chi connectivity index (χ0n) is 14.4. The number of aryl methyl sites for hydroxylation is 2. The van der Waals surface area contributed by atoms with Gasteiger partial charge in [0.1, 0.15) is 0 Å². The predicted octanol–water partition coefficient (Wildman–Crippen LogP) is 3.49. The average molecular weight is 355 g/mol. The molecule has 5 nitrogen and oxygen atoms in total. The first-order valence-corrected chi connectivity index (χ1v) is 9.42. The summed E-state index contributed by atoms with van der Waals surface area (Å²) in [6.45, 7) is 5.46. The number of likely N-dealkylation sites (tertiary alicyclic amines) is 1. The van der Waals surface area contributed by atoms with Gasteiger partial charge in [-0.15, -0.1) is 11.3 Å². The Kier molecular flexibility index (Phi) is 4.00. The molecule has 1 aromatic carbocycles. The highest BCUT2D eigenvalue weighted by Gasteiger charge is 2.27.